The van der Waals surface area contributed by atoms with Gasteiger partial charge in [-0.05, 0) is 23.3 Å². The van der Waals surface area contributed by atoms with Gasteiger partial charge in [0.15, 0.2) is 5.82 Å². The molecule has 0 fully saturated rings. The van der Waals surface area contributed by atoms with Crippen LogP contribution in [0.3, 0.4) is 0 Å². The summed E-state index contributed by atoms with van der Waals surface area (Å²) in [5, 5.41) is 17.0. The predicted molar refractivity (Wildman–Crippen MR) is 120 cm³/mol. The smallest absolute Gasteiger partial charge is 0.158 e. The van der Waals surface area contributed by atoms with Gasteiger partial charge in [-0.1, -0.05) is 42.5 Å². The lowest BCUT2D eigenvalue weighted by molar-refractivity contribution is 0.178. The minimum atomic E-state index is -0.689. The fraction of sp³-hybridized carbons (Fsp3) is 0.217. The van der Waals surface area contributed by atoms with Gasteiger partial charge in [0.1, 0.15) is 23.0 Å². The molecule has 0 aliphatic carbocycles. The zero-order valence-electron chi connectivity index (χ0n) is 16.8. The van der Waals surface area contributed by atoms with Gasteiger partial charge >= 0.3 is 0 Å². The molecular formula is C23H23N3O3S. The van der Waals surface area contributed by atoms with Gasteiger partial charge < -0.3 is 19.9 Å². The first-order chi connectivity index (χ1) is 14.7. The van der Waals surface area contributed by atoms with E-state index in [1.807, 2.05) is 42.5 Å². The lowest BCUT2D eigenvalue weighted by Crippen LogP contribution is -2.14. The largest absolute Gasteiger partial charge is 0.497 e. The Kier molecular flexibility index (Phi) is 6.23. The number of thiophene rings is 1. The second-order valence-electron chi connectivity index (χ2n) is 6.79. The van der Waals surface area contributed by atoms with Crippen molar-refractivity contribution in [2.45, 2.75) is 12.7 Å². The molecule has 1 atom stereocenters. The Bertz CT molecular complexity index is 1110. The first-order valence-electron chi connectivity index (χ1n) is 9.58. The highest BCUT2D eigenvalue weighted by Gasteiger charge is 2.17. The number of nitrogens with one attached hydrogen (secondary N) is 1. The van der Waals surface area contributed by atoms with Gasteiger partial charge in [0.25, 0.3) is 0 Å². The van der Waals surface area contributed by atoms with Gasteiger partial charge in [0.05, 0.1) is 18.6 Å². The van der Waals surface area contributed by atoms with Crippen LogP contribution >= 0.6 is 11.3 Å². The molecule has 4 rings (SSSR count). The summed E-state index contributed by atoms with van der Waals surface area (Å²) in [7, 11) is 3.24. The SMILES string of the molecule is COCc1nc(NCC(O)c2ccc(OC)cc2)c2c(-c3ccccc3)csc2n1. The molecule has 0 bridgehead atoms. The lowest BCUT2D eigenvalue weighted by Gasteiger charge is -2.15. The van der Waals surface area contributed by atoms with Gasteiger partial charge in [-0.25, -0.2) is 9.97 Å². The third-order valence-electron chi connectivity index (χ3n) is 4.80. The molecule has 2 N–H and O–H groups in total. The highest BCUT2D eigenvalue weighted by atomic mass is 32.1. The average molecular weight is 422 g/mol. The van der Waals surface area contributed by atoms with E-state index in [1.54, 1.807) is 25.6 Å². The van der Waals surface area contributed by atoms with Crippen molar-refractivity contribution in [3.05, 3.63) is 71.4 Å². The van der Waals surface area contributed by atoms with Crippen molar-refractivity contribution in [3.63, 3.8) is 0 Å². The maximum atomic E-state index is 10.7. The number of aromatic nitrogens is 2. The number of anilines is 1. The van der Waals surface area contributed by atoms with E-state index in [2.05, 4.69) is 32.8 Å². The lowest BCUT2D eigenvalue weighted by atomic mass is 10.1. The molecule has 2 aromatic heterocycles. The summed E-state index contributed by atoms with van der Waals surface area (Å²) in [5.41, 5.74) is 2.98. The van der Waals surface area contributed by atoms with Crippen molar-refractivity contribution in [2.24, 2.45) is 0 Å². The van der Waals surface area contributed by atoms with E-state index in [0.717, 1.165) is 32.7 Å². The molecule has 1 unspecified atom stereocenters. The van der Waals surface area contributed by atoms with Gasteiger partial charge in [-0.2, -0.15) is 0 Å². The standard InChI is InChI=1S/C23H23N3O3S/c1-28-13-20-25-22(24-12-19(27)16-8-10-17(29-2)11-9-16)21-18(14-30-23(21)26-20)15-6-4-3-5-7-15/h3-11,14,19,27H,12-13H2,1-2H3,(H,24,25,26). The second kappa shape index (κ2) is 9.21. The number of aliphatic hydroxyl groups excluding tert-OH is 1. The highest BCUT2D eigenvalue weighted by Crippen LogP contribution is 2.37. The number of hydrogen-bond donors (Lipinski definition) is 2. The van der Waals surface area contributed by atoms with E-state index in [0.29, 0.717) is 24.8 Å². The van der Waals surface area contributed by atoms with Gasteiger partial charge in [0.2, 0.25) is 0 Å². The Morgan fingerprint density at radius 1 is 1.03 bits per heavy atom. The van der Waals surface area contributed by atoms with E-state index in [1.165, 1.54) is 0 Å². The molecule has 2 aromatic carbocycles. The normalized spacial score (nSPS) is 12.1. The van der Waals surface area contributed by atoms with Crippen LogP contribution in [0.15, 0.2) is 60.0 Å². The number of benzene rings is 2. The van der Waals surface area contributed by atoms with Gasteiger partial charge in [-0.3, -0.25) is 0 Å². The van der Waals surface area contributed by atoms with Crippen LogP contribution in [0.1, 0.15) is 17.5 Å². The van der Waals surface area contributed by atoms with Crippen LogP contribution in [-0.4, -0.2) is 35.8 Å². The molecule has 154 valence electrons. The number of fused-ring (bicyclic) bond motifs is 1. The Hall–Kier alpha value is -3.00. The van der Waals surface area contributed by atoms with Crippen LogP contribution in [0.2, 0.25) is 0 Å². The molecule has 0 saturated heterocycles. The number of nitrogens with zero attached hydrogens (tertiary/aromatic N) is 2. The minimum absolute atomic E-state index is 0.314. The van der Waals surface area contributed by atoms with Crippen molar-refractivity contribution < 1.29 is 14.6 Å². The van der Waals surface area contributed by atoms with Crippen molar-refractivity contribution in [2.75, 3.05) is 26.1 Å². The summed E-state index contributed by atoms with van der Waals surface area (Å²) in [6.07, 6.45) is -0.689. The average Bonchev–Trinajstić information content (AvgIpc) is 3.22. The molecule has 0 aliphatic rings. The Morgan fingerprint density at radius 2 is 1.80 bits per heavy atom. The maximum Gasteiger partial charge on any atom is 0.158 e. The van der Waals surface area contributed by atoms with Crippen molar-refractivity contribution in [1.29, 1.82) is 0 Å². The van der Waals surface area contributed by atoms with E-state index < -0.39 is 6.10 Å². The molecular weight excluding hydrogens is 398 g/mol. The Morgan fingerprint density at radius 3 is 2.50 bits per heavy atom. The van der Waals surface area contributed by atoms with Gasteiger partial charge in [0, 0.05) is 24.6 Å². The van der Waals surface area contributed by atoms with Crippen molar-refractivity contribution in [3.8, 4) is 16.9 Å². The molecule has 0 spiro atoms. The topological polar surface area (TPSA) is 76.5 Å². The fourth-order valence-electron chi connectivity index (χ4n) is 3.27. The van der Waals surface area contributed by atoms with Crippen LogP contribution in [0.4, 0.5) is 5.82 Å². The van der Waals surface area contributed by atoms with E-state index in [-0.39, 0.29) is 0 Å². The summed E-state index contributed by atoms with van der Waals surface area (Å²) < 4.78 is 10.4. The Balaban J connectivity index is 1.66. The molecule has 4 aromatic rings. The number of aliphatic hydroxyl groups is 1. The van der Waals surface area contributed by atoms with Crippen molar-refractivity contribution >= 4 is 27.4 Å². The molecule has 0 saturated carbocycles. The monoisotopic (exact) mass is 421 g/mol. The number of rotatable bonds is 8. The van der Waals surface area contributed by atoms with Crippen LogP contribution < -0.4 is 10.1 Å². The molecule has 0 aliphatic heterocycles. The maximum absolute atomic E-state index is 10.7. The summed E-state index contributed by atoms with van der Waals surface area (Å²) in [6, 6.07) is 17.6. The summed E-state index contributed by atoms with van der Waals surface area (Å²) in [4.78, 5) is 10.2. The van der Waals surface area contributed by atoms with Crippen LogP contribution in [0, 0.1) is 0 Å². The minimum Gasteiger partial charge on any atom is -0.497 e. The molecule has 0 amide bonds. The molecule has 30 heavy (non-hydrogen) atoms. The summed E-state index contributed by atoms with van der Waals surface area (Å²) in [5.74, 6) is 2.05. The number of ether oxygens (including phenoxy) is 2. The molecule has 7 heteroatoms. The van der Waals surface area contributed by atoms with E-state index in [9.17, 15) is 5.11 Å². The molecule has 0 radical (unpaired) electrons. The quantitative estimate of drug-likeness (QED) is 0.431. The number of hydrogen-bond acceptors (Lipinski definition) is 7. The first kappa shape index (κ1) is 20.3. The highest BCUT2D eigenvalue weighted by molar-refractivity contribution is 7.17. The van der Waals surface area contributed by atoms with E-state index in [4.69, 9.17) is 9.47 Å². The third-order valence-corrected chi connectivity index (χ3v) is 5.67. The second-order valence-corrected chi connectivity index (χ2v) is 7.64. The zero-order chi connectivity index (χ0) is 20.9. The van der Waals surface area contributed by atoms with E-state index >= 15 is 0 Å². The van der Waals surface area contributed by atoms with Crippen LogP contribution in [-0.2, 0) is 11.3 Å². The summed E-state index contributed by atoms with van der Waals surface area (Å²) >= 11 is 1.57. The molecule has 2 heterocycles. The number of methoxy groups -OCH3 is 2. The predicted octanol–water partition coefficient (Wildman–Crippen LogP) is 4.66. The fourth-order valence-corrected chi connectivity index (χ4v) is 4.24. The van der Waals surface area contributed by atoms with Crippen LogP contribution in [0.5, 0.6) is 5.75 Å². The first-order valence-corrected chi connectivity index (χ1v) is 10.5. The molecule has 6 nitrogen and oxygen atoms in total. The van der Waals surface area contributed by atoms with Crippen LogP contribution in [0.25, 0.3) is 21.3 Å². The third kappa shape index (κ3) is 4.28. The Labute approximate surface area is 179 Å². The zero-order valence-corrected chi connectivity index (χ0v) is 17.6. The van der Waals surface area contributed by atoms with Gasteiger partial charge in [-0.15, -0.1) is 11.3 Å². The summed E-state index contributed by atoms with van der Waals surface area (Å²) in [6.45, 7) is 0.638. The van der Waals surface area contributed by atoms with Crippen molar-refractivity contribution in [1.82, 2.24) is 9.97 Å².